The number of aromatic amines is 1. The van der Waals surface area contributed by atoms with Crippen LogP contribution in [0.1, 0.15) is 28.9 Å². The number of amides is 1. The smallest absolute Gasteiger partial charge is 0.265 e. The van der Waals surface area contributed by atoms with E-state index in [0.29, 0.717) is 67.6 Å². The quantitative estimate of drug-likeness (QED) is 0.367. The fourth-order valence-electron chi connectivity index (χ4n) is 4.62. The molecule has 1 aromatic heterocycles. The number of alkyl halides is 2. The highest BCUT2D eigenvalue weighted by atomic mass is 19.3. The number of fused-ring (bicyclic) bond motifs is 1. The number of rotatable bonds is 5. The summed E-state index contributed by atoms with van der Waals surface area (Å²) in [5.41, 5.74) is 9.76. The molecule has 0 aliphatic carbocycles. The van der Waals surface area contributed by atoms with Crippen molar-refractivity contribution >= 4 is 33.9 Å². The molecule has 3 heterocycles. The summed E-state index contributed by atoms with van der Waals surface area (Å²) in [5.74, 6) is 3.48. The fraction of sp³-hybridized carbons (Fsp3) is 0.360. The Kier molecular flexibility index (Phi) is 6.50. The number of ether oxygens (including phenoxy) is 1. The van der Waals surface area contributed by atoms with Gasteiger partial charge in [0.05, 0.1) is 36.7 Å². The Bertz CT molecular complexity index is 1270. The van der Waals surface area contributed by atoms with Crippen LogP contribution in [0.25, 0.3) is 16.6 Å². The highest BCUT2D eigenvalue weighted by Gasteiger charge is 2.35. The number of nitrogens with two attached hydrogens (primary N) is 2. The maximum atomic E-state index is 13.9. The molecule has 2 saturated heterocycles. The molecule has 9 nitrogen and oxygen atoms in total. The number of morpholine rings is 1. The molecular weight excluding hydrogens is 468 g/mol. The molecule has 0 radical (unpaired) electrons. The van der Waals surface area contributed by atoms with E-state index in [1.807, 2.05) is 12.1 Å². The molecule has 190 valence electrons. The van der Waals surface area contributed by atoms with Crippen molar-refractivity contribution < 1.29 is 18.3 Å². The van der Waals surface area contributed by atoms with Crippen LogP contribution in [0.3, 0.4) is 0 Å². The topological polar surface area (TPSA) is 117 Å². The number of H-pyrrole nitrogens is 1. The number of aromatic nitrogens is 2. The van der Waals surface area contributed by atoms with Gasteiger partial charge >= 0.3 is 0 Å². The minimum absolute atomic E-state index is 0.0475. The zero-order valence-corrected chi connectivity index (χ0v) is 19.8. The number of nitrogens with one attached hydrogen (secondary N) is 1. The van der Waals surface area contributed by atoms with Crippen LogP contribution in [0.15, 0.2) is 48.7 Å². The first kappa shape index (κ1) is 24.0. The van der Waals surface area contributed by atoms with Gasteiger partial charge in [0.2, 0.25) is 0 Å². The Labute approximate surface area is 207 Å². The maximum absolute atomic E-state index is 13.9. The lowest BCUT2D eigenvalue weighted by molar-refractivity contribution is -0.0116. The fourth-order valence-corrected chi connectivity index (χ4v) is 4.62. The normalized spacial score (nSPS) is 18.5. The lowest BCUT2D eigenvalue weighted by atomic mass is 10.1. The molecule has 5 rings (SSSR count). The third kappa shape index (κ3) is 4.98. The van der Waals surface area contributed by atoms with E-state index >= 15 is 0 Å². The molecule has 2 aliphatic rings. The van der Waals surface area contributed by atoms with Crippen LogP contribution in [-0.4, -0.2) is 66.3 Å². The van der Waals surface area contributed by atoms with Gasteiger partial charge < -0.3 is 20.3 Å². The largest absolute Gasteiger partial charge is 0.396 e. The molecule has 2 aliphatic heterocycles. The monoisotopic (exact) mass is 497 g/mol. The summed E-state index contributed by atoms with van der Waals surface area (Å²) in [6.07, 6.45) is 1.88. The molecule has 0 unspecified atom stereocenters. The number of nitrogens with zero attached hydrogens (tertiary/aromatic N) is 4. The minimum atomic E-state index is -2.70. The van der Waals surface area contributed by atoms with Gasteiger partial charge in [-0.3, -0.25) is 14.9 Å². The van der Waals surface area contributed by atoms with Gasteiger partial charge in [0.15, 0.2) is 0 Å². The molecule has 5 N–H and O–H groups in total. The number of piperidine rings is 1. The summed E-state index contributed by atoms with van der Waals surface area (Å²) in [7, 11) is 0. The third-order valence-electron chi connectivity index (χ3n) is 6.57. The zero-order chi connectivity index (χ0) is 25.3. The second-order valence-electron chi connectivity index (χ2n) is 9.13. The van der Waals surface area contributed by atoms with E-state index in [1.165, 1.54) is 11.2 Å². The van der Waals surface area contributed by atoms with Crippen LogP contribution in [0.5, 0.6) is 0 Å². The molecule has 36 heavy (non-hydrogen) atoms. The highest BCUT2D eigenvalue weighted by molar-refractivity contribution is 5.95. The average Bonchev–Trinajstić information content (AvgIpc) is 3.32. The molecule has 0 bridgehead atoms. The lowest BCUT2D eigenvalue weighted by Crippen LogP contribution is -2.42. The lowest BCUT2D eigenvalue weighted by Gasteiger charge is -2.34. The van der Waals surface area contributed by atoms with Crippen LogP contribution < -0.4 is 21.5 Å². The predicted octanol–water partition coefficient (Wildman–Crippen LogP) is 2.91. The van der Waals surface area contributed by atoms with Crippen LogP contribution in [0, 0.1) is 0 Å². The SMILES string of the molecule is N/C(=C\N(N)c1ccc(C(=O)N2CCOCC2)cc1)c1n[nH]c2ccc(N3CCCC(F)(F)C3)cc12. The van der Waals surface area contributed by atoms with E-state index in [4.69, 9.17) is 16.3 Å². The van der Waals surface area contributed by atoms with E-state index in [9.17, 15) is 13.6 Å². The second kappa shape index (κ2) is 9.75. The molecular formula is C25H29F2N7O2. The molecule has 0 atom stereocenters. The minimum Gasteiger partial charge on any atom is -0.396 e. The molecule has 3 aromatic rings. The molecule has 0 spiro atoms. The van der Waals surface area contributed by atoms with Gasteiger partial charge in [-0.25, -0.2) is 14.6 Å². The molecule has 0 saturated carbocycles. The Balaban J connectivity index is 1.34. The maximum Gasteiger partial charge on any atom is 0.265 e. The van der Waals surface area contributed by atoms with Crippen LogP contribution in [-0.2, 0) is 4.74 Å². The van der Waals surface area contributed by atoms with Crippen molar-refractivity contribution in [3.8, 4) is 0 Å². The van der Waals surface area contributed by atoms with E-state index < -0.39 is 5.92 Å². The number of halogens is 2. The van der Waals surface area contributed by atoms with Crippen LogP contribution in [0.2, 0.25) is 0 Å². The molecule has 2 aromatic carbocycles. The summed E-state index contributed by atoms with van der Waals surface area (Å²) < 4.78 is 33.2. The van der Waals surface area contributed by atoms with Crippen LogP contribution in [0.4, 0.5) is 20.2 Å². The van der Waals surface area contributed by atoms with Gasteiger partial charge in [0.25, 0.3) is 11.8 Å². The van der Waals surface area contributed by atoms with Crippen molar-refractivity contribution in [2.75, 3.05) is 49.3 Å². The third-order valence-corrected chi connectivity index (χ3v) is 6.57. The number of carbonyl (C=O) groups excluding carboxylic acids is 1. The van der Waals surface area contributed by atoms with Crippen molar-refractivity contribution in [2.45, 2.75) is 18.8 Å². The molecule has 2 fully saturated rings. The number of hydrogen-bond donors (Lipinski definition) is 3. The summed E-state index contributed by atoms with van der Waals surface area (Å²) in [6.45, 7) is 2.49. The van der Waals surface area contributed by atoms with Gasteiger partial charge in [-0.05, 0) is 48.9 Å². The van der Waals surface area contributed by atoms with Crippen molar-refractivity contribution in [1.29, 1.82) is 0 Å². The van der Waals surface area contributed by atoms with Crippen molar-refractivity contribution in [1.82, 2.24) is 15.1 Å². The van der Waals surface area contributed by atoms with Crippen LogP contribution >= 0.6 is 0 Å². The number of benzene rings is 2. The molecule has 1 amide bonds. The van der Waals surface area contributed by atoms with Gasteiger partial charge in [-0.2, -0.15) is 5.10 Å². The first-order valence-corrected chi connectivity index (χ1v) is 11.9. The first-order chi connectivity index (χ1) is 17.3. The number of hydrazine groups is 1. The Hall–Kier alpha value is -3.70. The zero-order valence-electron chi connectivity index (χ0n) is 19.8. The van der Waals surface area contributed by atoms with Gasteiger partial charge in [-0.1, -0.05) is 0 Å². The standard InChI is InChI=1S/C25H29F2N7O2/c26-25(27)8-1-9-33(16-25)19-6-7-22-20(14-19)23(31-30-22)21(28)15-34(29)18-4-2-17(3-5-18)24(35)32-10-12-36-13-11-32/h2-7,14-15H,1,8-13,16,28-29H2,(H,30,31)/b21-15-. The summed E-state index contributed by atoms with van der Waals surface area (Å²) >= 11 is 0. The van der Waals surface area contributed by atoms with E-state index in [-0.39, 0.29) is 18.9 Å². The summed E-state index contributed by atoms with van der Waals surface area (Å²) in [5, 5.41) is 9.32. The molecule has 11 heteroatoms. The predicted molar refractivity (Wildman–Crippen MR) is 134 cm³/mol. The Morgan fingerprint density at radius 1 is 1.14 bits per heavy atom. The van der Waals surface area contributed by atoms with Crippen molar-refractivity contribution in [3.05, 3.63) is 59.9 Å². The average molecular weight is 498 g/mol. The van der Waals surface area contributed by atoms with E-state index in [2.05, 4.69) is 10.2 Å². The van der Waals surface area contributed by atoms with Crippen molar-refractivity contribution in [3.63, 3.8) is 0 Å². The summed E-state index contributed by atoms with van der Waals surface area (Å²) in [6, 6.07) is 12.4. The second-order valence-corrected chi connectivity index (χ2v) is 9.13. The Morgan fingerprint density at radius 3 is 2.61 bits per heavy atom. The van der Waals surface area contributed by atoms with Gasteiger partial charge in [0.1, 0.15) is 5.69 Å². The number of hydrogen-bond acceptors (Lipinski definition) is 7. The highest BCUT2D eigenvalue weighted by Crippen LogP contribution is 2.32. The number of anilines is 2. The first-order valence-electron chi connectivity index (χ1n) is 11.9. The summed E-state index contributed by atoms with van der Waals surface area (Å²) in [4.78, 5) is 16.1. The number of carbonyl (C=O) groups is 1. The van der Waals surface area contributed by atoms with Gasteiger partial charge in [0, 0.05) is 48.9 Å². The van der Waals surface area contributed by atoms with E-state index in [1.54, 1.807) is 40.1 Å². The Morgan fingerprint density at radius 2 is 1.89 bits per heavy atom. The van der Waals surface area contributed by atoms with E-state index in [0.717, 1.165) is 10.9 Å². The van der Waals surface area contributed by atoms with Gasteiger partial charge in [-0.15, -0.1) is 0 Å². The van der Waals surface area contributed by atoms with Crippen molar-refractivity contribution in [2.24, 2.45) is 11.6 Å².